The van der Waals surface area contributed by atoms with Gasteiger partial charge < -0.3 is 14.4 Å². The summed E-state index contributed by atoms with van der Waals surface area (Å²) in [7, 11) is 1.75. The highest BCUT2D eigenvalue weighted by Crippen LogP contribution is 2.26. The Morgan fingerprint density at radius 1 is 0.806 bits per heavy atom. The number of hydrogen-bond donors (Lipinski definition) is 0. The average Bonchev–Trinajstić information content (AvgIpc) is 2.82. The van der Waals surface area contributed by atoms with Crippen LogP contribution in [0.15, 0.2) is 97.5 Å². The molecular formula is C25H21N3O3. The number of rotatable bonds is 7. The topological polar surface area (TPSA) is 64.6 Å². The van der Waals surface area contributed by atoms with Crippen LogP contribution >= 0.6 is 0 Å². The lowest BCUT2D eigenvalue weighted by Crippen LogP contribution is -2.26. The van der Waals surface area contributed by atoms with Crippen molar-refractivity contribution in [1.82, 2.24) is 14.9 Å². The molecule has 4 aromatic rings. The van der Waals surface area contributed by atoms with E-state index in [4.69, 9.17) is 9.47 Å². The van der Waals surface area contributed by atoms with Crippen LogP contribution in [0.2, 0.25) is 0 Å². The van der Waals surface area contributed by atoms with Crippen LogP contribution in [0, 0.1) is 0 Å². The fourth-order valence-electron chi connectivity index (χ4n) is 2.95. The van der Waals surface area contributed by atoms with Crippen LogP contribution in [0.3, 0.4) is 0 Å². The van der Waals surface area contributed by atoms with Crippen molar-refractivity contribution in [3.05, 3.63) is 109 Å². The van der Waals surface area contributed by atoms with Gasteiger partial charge in [0, 0.05) is 38.2 Å². The Labute approximate surface area is 180 Å². The van der Waals surface area contributed by atoms with Crippen LogP contribution in [-0.4, -0.2) is 27.8 Å². The van der Waals surface area contributed by atoms with E-state index in [9.17, 15) is 4.79 Å². The van der Waals surface area contributed by atoms with Crippen molar-refractivity contribution in [2.45, 2.75) is 6.54 Å². The predicted molar refractivity (Wildman–Crippen MR) is 117 cm³/mol. The smallest absolute Gasteiger partial charge is 0.255 e. The largest absolute Gasteiger partial charge is 0.457 e. The number of ether oxygens (including phenoxy) is 2. The highest BCUT2D eigenvalue weighted by molar-refractivity contribution is 5.93. The summed E-state index contributed by atoms with van der Waals surface area (Å²) >= 11 is 0. The Balaban J connectivity index is 1.35. The van der Waals surface area contributed by atoms with Crippen molar-refractivity contribution in [1.29, 1.82) is 0 Å². The van der Waals surface area contributed by atoms with Crippen LogP contribution < -0.4 is 9.47 Å². The van der Waals surface area contributed by atoms with Crippen LogP contribution in [0.4, 0.5) is 0 Å². The van der Waals surface area contributed by atoms with Gasteiger partial charge in [-0.05, 0) is 54.1 Å². The molecule has 6 heteroatoms. The Morgan fingerprint density at radius 3 is 2.16 bits per heavy atom. The second-order valence-corrected chi connectivity index (χ2v) is 6.90. The maximum absolute atomic E-state index is 12.6. The van der Waals surface area contributed by atoms with Gasteiger partial charge >= 0.3 is 0 Å². The zero-order chi connectivity index (χ0) is 21.5. The lowest BCUT2D eigenvalue weighted by Gasteiger charge is -2.17. The van der Waals surface area contributed by atoms with Crippen molar-refractivity contribution >= 4 is 5.91 Å². The SMILES string of the molecule is CN(Cc1cccnc1)C(=O)c1ccc(Oc2ccc(Oc3ccccc3)cc2)nc1. The standard InChI is InChI=1S/C25H21N3O3/c1-28(18-19-6-5-15-26-16-19)25(29)20-9-14-24(27-17-20)31-23-12-10-22(11-13-23)30-21-7-3-2-4-8-21/h2-17H,18H2,1H3. The maximum Gasteiger partial charge on any atom is 0.255 e. The molecule has 0 saturated heterocycles. The van der Waals surface area contributed by atoms with Gasteiger partial charge in [-0.25, -0.2) is 4.98 Å². The molecule has 6 nitrogen and oxygen atoms in total. The van der Waals surface area contributed by atoms with Crippen molar-refractivity contribution in [3.8, 4) is 23.1 Å². The molecule has 2 aromatic carbocycles. The van der Waals surface area contributed by atoms with E-state index in [1.165, 1.54) is 6.20 Å². The molecule has 2 heterocycles. The third-order valence-electron chi connectivity index (χ3n) is 4.50. The number of carbonyl (C=O) groups is 1. The number of nitrogens with zero attached hydrogens (tertiary/aromatic N) is 3. The molecule has 31 heavy (non-hydrogen) atoms. The van der Waals surface area contributed by atoms with E-state index < -0.39 is 0 Å². The van der Waals surface area contributed by atoms with E-state index in [0.717, 1.165) is 11.3 Å². The molecule has 0 atom stereocenters. The summed E-state index contributed by atoms with van der Waals surface area (Å²) in [4.78, 5) is 22.6. The first-order chi connectivity index (χ1) is 15.2. The average molecular weight is 411 g/mol. The van der Waals surface area contributed by atoms with Crippen LogP contribution in [-0.2, 0) is 6.54 Å². The van der Waals surface area contributed by atoms with Gasteiger partial charge in [-0.3, -0.25) is 9.78 Å². The summed E-state index contributed by atoms with van der Waals surface area (Å²) in [5, 5.41) is 0. The van der Waals surface area contributed by atoms with Crippen molar-refractivity contribution in [2.75, 3.05) is 7.05 Å². The van der Waals surface area contributed by atoms with E-state index >= 15 is 0 Å². The number of benzene rings is 2. The number of amides is 1. The van der Waals surface area contributed by atoms with Crippen molar-refractivity contribution in [2.24, 2.45) is 0 Å². The molecule has 0 N–H and O–H groups in total. The van der Waals surface area contributed by atoms with Crippen molar-refractivity contribution in [3.63, 3.8) is 0 Å². The molecule has 154 valence electrons. The number of para-hydroxylation sites is 1. The lowest BCUT2D eigenvalue weighted by atomic mass is 10.2. The van der Waals surface area contributed by atoms with Gasteiger partial charge in [0.25, 0.3) is 5.91 Å². The Kier molecular flexibility index (Phi) is 6.18. The minimum atomic E-state index is -0.120. The van der Waals surface area contributed by atoms with E-state index in [2.05, 4.69) is 9.97 Å². The molecule has 0 aliphatic rings. The molecule has 2 aromatic heterocycles. The monoisotopic (exact) mass is 411 g/mol. The highest BCUT2D eigenvalue weighted by atomic mass is 16.5. The lowest BCUT2D eigenvalue weighted by molar-refractivity contribution is 0.0784. The number of hydrogen-bond acceptors (Lipinski definition) is 5. The molecule has 0 bridgehead atoms. The van der Waals surface area contributed by atoms with Crippen molar-refractivity contribution < 1.29 is 14.3 Å². The van der Waals surface area contributed by atoms with Gasteiger partial charge in [0.1, 0.15) is 17.2 Å². The fourth-order valence-corrected chi connectivity index (χ4v) is 2.95. The Bertz CT molecular complexity index is 1120. The number of aromatic nitrogens is 2. The second-order valence-electron chi connectivity index (χ2n) is 6.90. The molecular weight excluding hydrogens is 390 g/mol. The van der Waals surface area contributed by atoms with Gasteiger partial charge in [0.15, 0.2) is 0 Å². The van der Waals surface area contributed by atoms with Gasteiger partial charge in [0.05, 0.1) is 5.56 Å². The van der Waals surface area contributed by atoms with Gasteiger partial charge in [-0.15, -0.1) is 0 Å². The quantitative estimate of drug-likeness (QED) is 0.411. The summed E-state index contributed by atoms with van der Waals surface area (Å²) < 4.78 is 11.5. The first kappa shape index (κ1) is 20.1. The molecule has 0 saturated carbocycles. The molecule has 0 fully saturated rings. The third-order valence-corrected chi connectivity index (χ3v) is 4.50. The fraction of sp³-hybridized carbons (Fsp3) is 0.0800. The normalized spacial score (nSPS) is 10.4. The second kappa shape index (κ2) is 9.54. The van der Waals surface area contributed by atoms with E-state index in [1.807, 2.05) is 54.6 Å². The number of pyridine rings is 2. The third kappa shape index (κ3) is 5.45. The minimum absolute atomic E-state index is 0.120. The summed E-state index contributed by atoms with van der Waals surface area (Å²) in [5.74, 6) is 2.39. The maximum atomic E-state index is 12.6. The molecule has 0 aliphatic carbocycles. The van der Waals surface area contributed by atoms with E-state index in [0.29, 0.717) is 29.5 Å². The molecule has 0 radical (unpaired) electrons. The summed E-state index contributed by atoms with van der Waals surface area (Å²) in [6.07, 6.45) is 4.97. The van der Waals surface area contributed by atoms with E-state index in [-0.39, 0.29) is 5.91 Å². The zero-order valence-electron chi connectivity index (χ0n) is 17.0. The molecule has 4 rings (SSSR count). The molecule has 0 unspecified atom stereocenters. The first-order valence-corrected chi connectivity index (χ1v) is 9.78. The van der Waals surface area contributed by atoms with E-state index in [1.54, 1.807) is 48.6 Å². The van der Waals surface area contributed by atoms with Gasteiger partial charge in [-0.1, -0.05) is 24.3 Å². The van der Waals surface area contributed by atoms with Crippen LogP contribution in [0.25, 0.3) is 0 Å². The summed E-state index contributed by atoms with van der Waals surface area (Å²) in [6, 6.07) is 24.0. The van der Waals surface area contributed by atoms with Gasteiger partial charge in [0.2, 0.25) is 5.88 Å². The van der Waals surface area contributed by atoms with Crippen LogP contribution in [0.5, 0.6) is 23.1 Å². The predicted octanol–water partition coefficient (Wildman–Crippen LogP) is 5.33. The zero-order valence-corrected chi connectivity index (χ0v) is 17.0. The molecule has 0 aliphatic heterocycles. The minimum Gasteiger partial charge on any atom is -0.457 e. The Hall–Kier alpha value is -4.19. The molecule has 1 amide bonds. The summed E-state index contributed by atoms with van der Waals surface area (Å²) in [5.41, 5.74) is 1.45. The number of carbonyl (C=O) groups excluding carboxylic acids is 1. The molecule has 0 spiro atoms. The van der Waals surface area contributed by atoms with Crippen LogP contribution in [0.1, 0.15) is 15.9 Å². The van der Waals surface area contributed by atoms with Gasteiger partial charge in [-0.2, -0.15) is 0 Å². The summed E-state index contributed by atoms with van der Waals surface area (Å²) in [6.45, 7) is 0.475. The highest BCUT2D eigenvalue weighted by Gasteiger charge is 2.13. The Morgan fingerprint density at radius 2 is 1.52 bits per heavy atom. The first-order valence-electron chi connectivity index (χ1n) is 9.78.